The SMILES string of the molecule is COc1ccc(C(=O)Nc2cccc(C)c2C)cc1S(=O)(=O)Nc1ccc(Br)cc1. The number of hydrogen-bond donors (Lipinski definition) is 2. The van der Waals surface area contributed by atoms with Crippen LogP contribution in [0.5, 0.6) is 5.75 Å². The summed E-state index contributed by atoms with van der Waals surface area (Å²) in [5, 5.41) is 2.84. The van der Waals surface area contributed by atoms with E-state index in [1.54, 1.807) is 30.3 Å². The lowest BCUT2D eigenvalue weighted by atomic mass is 10.1. The van der Waals surface area contributed by atoms with Gasteiger partial charge in [-0.3, -0.25) is 9.52 Å². The van der Waals surface area contributed by atoms with Gasteiger partial charge in [-0.15, -0.1) is 0 Å². The number of carbonyl (C=O) groups is 1. The number of ether oxygens (including phenoxy) is 1. The van der Waals surface area contributed by atoms with Crippen molar-refractivity contribution in [3.8, 4) is 5.75 Å². The Bertz CT molecular complexity index is 1190. The minimum atomic E-state index is -3.98. The van der Waals surface area contributed by atoms with Gasteiger partial charge in [-0.1, -0.05) is 28.1 Å². The standard InChI is InChI=1S/C22H21BrN2O4S/c1-14-5-4-6-19(15(14)2)24-22(26)16-7-12-20(29-3)21(13-16)30(27,28)25-18-10-8-17(23)9-11-18/h4-13,25H,1-3H3,(H,24,26). The van der Waals surface area contributed by atoms with Gasteiger partial charge in [-0.2, -0.15) is 0 Å². The minimum absolute atomic E-state index is 0.124. The maximum absolute atomic E-state index is 13.0. The summed E-state index contributed by atoms with van der Waals surface area (Å²) in [5.41, 5.74) is 3.26. The van der Waals surface area contributed by atoms with E-state index in [4.69, 9.17) is 4.74 Å². The first kappa shape index (κ1) is 21.9. The molecule has 0 aliphatic rings. The minimum Gasteiger partial charge on any atom is -0.495 e. The molecule has 0 heterocycles. The number of sulfonamides is 1. The molecule has 30 heavy (non-hydrogen) atoms. The first-order chi connectivity index (χ1) is 14.2. The monoisotopic (exact) mass is 488 g/mol. The summed E-state index contributed by atoms with van der Waals surface area (Å²) in [6.07, 6.45) is 0. The summed E-state index contributed by atoms with van der Waals surface area (Å²) in [5.74, 6) is -0.269. The molecule has 2 N–H and O–H groups in total. The highest BCUT2D eigenvalue weighted by molar-refractivity contribution is 9.10. The van der Waals surface area contributed by atoms with Crippen molar-refractivity contribution in [3.63, 3.8) is 0 Å². The van der Waals surface area contributed by atoms with Gasteiger partial charge in [0.1, 0.15) is 10.6 Å². The number of hydrogen-bond acceptors (Lipinski definition) is 4. The topological polar surface area (TPSA) is 84.5 Å². The molecule has 0 radical (unpaired) electrons. The zero-order chi connectivity index (χ0) is 21.9. The molecule has 0 unspecified atom stereocenters. The van der Waals surface area contributed by atoms with Crippen LogP contribution in [0.25, 0.3) is 0 Å². The number of anilines is 2. The Labute approximate surface area is 184 Å². The zero-order valence-corrected chi connectivity index (χ0v) is 19.1. The molecular weight excluding hydrogens is 468 g/mol. The molecule has 0 atom stereocenters. The van der Waals surface area contributed by atoms with Crippen molar-refractivity contribution in [1.29, 1.82) is 0 Å². The Hall–Kier alpha value is -2.84. The molecule has 0 aromatic heterocycles. The molecule has 1 amide bonds. The van der Waals surface area contributed by atoms with Gasteiger partial charge >= 0.3 is 0 Å². The van der Waals surface area contributed by atoms with Gasteiger partial charge in [0.15, 0.2) is 0 Å². The van der Waals surface area contributed by atoms with Crippen LogP contribution in [-0.4, -0.2) is 21.4 Å². The quantitative estimate of drug-likeness (QED) is 0.503. The van der Waals surface area contributed by atoms with Crippen molar-refractivity contribution in [2.75, 3.05) is 17.1 Å². The third-order valence-electron chi connectivity index (χ3n) is 4.66. The Morgan fingerprint density at radius 1 is 1.00 bits per heavy atom. The van der Waals surface area contributed by atoms with E-state index in [1.165, 1.54) is 25.3 Å². The molecule has 0 bridgehead atoms. The molecule has 8 heteroatoms. The van der Waals surface area contributed by atoms with Crippen LogP contribution in [0.3, 0.4) is 0 Å². The molecule has 6 nitrogen and oxygen atoms in total. The summed E-state index contributed by atoms with van der Waals surface area (Å²) in [7, 11) is -2.60. The van der Waals surface area contributed by atoms with E-state index < -0.39 is 15.9 Å². The number of halogens is 1. The van der Waals surface area contributed by atoms with Gasteiger partial charge in [0.2, 0.25) is 0 Å². The second-order valence-electron chi connectivity index (χ2n) is 6.68. The van der Waals surface area contributed by atoms with E-state index in [9.17, 15) is 13.2 Å². The first-order valence-electron chi connectivity index (χ1n) is 9.05. The molecule has 0 saturated carbocycles. The molecule has 156 valence electrons. The van der Waals surface area contributed by atoms with Gasteiger partial charge in [-0.05, 0) is 73.5 Å². The summed E-state index contributed by atoms with van der Waals surface area (Å²) < 4.78 is 34.5. The lowest BCUT2D eigenvalue weighted by Crippen LogP contribution is -2.17. The highest BCUT2D eigenvalue weighted by Crippen LogP contribution is 2.28. The summed E-state index contributed by atoms with van der Waals surface area (Å²) in [4.78, 5) is 12.7. The fraction of sp³-hybridized carbons (Fsp3) is 0.136. The highest BCUT2D eigenvalue weighted by atomic mass is 79.9. The van der Waals surface area contributed by atoms with Crippen molar-refractivity contribution in [2.45, 2.75) is 18.7 Å². The summed E-state index contributed by atoms with van der Waals surface area (Å²) in [6.45, 7) is 3.87. The van der Waals surface area contributed by atoms with Crippen LogP contribution >= 0.6 is 15.9 Å². The number of rotatable bonds is 6. The van der Waals surface area contributed by atoms with Crippen LogP contribution in [0.2, 0.25) is 0 Å². The molecule has 0 spiro atoms. The molecule has 3 aromatic rings. The largest absolute Gasteiger partial charge is 0.495 e. The Balaban J connectivity index is 1.93. The molecular formula is C22H21BrN2O4S. The second-order valence-corrected chi connectivity index (χ2v) is 9.25. The predicted octanol–water partition coefficient (Wildman–Crippen LogP) is 5.13. The number of nitrogens with one attached hydrogen (secondary N) is 2. The number of aryl methyl sites for hydroxylation is 1. The van der Waals surface area contributed by atoms with E-state index in [0.29, 0.717) is 11.4 Å². The Morgan fingerprint density at radius 3 is 2.37 bits per heavy atom. The fourth-order valence-corrected chi connectivity index (χ4v) is 4.36. The number of methoxy groups -OCH3 is 1. The smallest absolute Gasteiger partial charge is 0.265 e. The average molecular weight is 489 g/mol. The van der Waals surface area contributed by atoms with E-state index in [2.05, 4.69) is 26.0 Å². The Kier molecular flexibility index (Phi) is 6.48. The van der Waals surface area contributed by atoms with Crippen molar-refractivity contribution in [2.24, 2.45) is 0 Å². The van der Waals surface area contributed by atoms with Crippen molar-refractivity contribution < 1.29 is 17.9 Å². The van der Waals surface area contributed by atoms with Gasteiger partial charge in [0.25, 0.3) is 15.9 Å². The van der Waals surface area contributed by atoms with Crippen molar-refractivity contribution >= 4 is 43.2 Å². The average Bonchev–Trinajstić information content (AvgIpc) is 2.72. The van der Waals surface area contributed by atoms with Crippen LogP contribution in [-0.2, 0) is 10.0 Å². The zero-order valence-electron chi connectivity index (χ0n) is 16.7. The first-order valence-corrected chi connectivity index (χ1v) is 11.3. The molecule has 3 aromatic carbocycles. The van der Waals surface area contributed by atoms with Crippen LogP contribution in [0.4, 0.5) is 11.4 Å². The molecule has 3 rings (SSSR count). The van der Waals surface area contributed by atoms with E-state index in [1.807, 2.05) is 26.0 Å². The summed E-state index contributed by atoms with van der Waals surface area (Å²) in [6, 6.07) is 16.6. The lowest BCUT2D eigenvalue weighted by Gasteiger charge is -2.14. The second kappa shape index (κ2) is 8.89. The normalized spacial score (nSPS) is 11.1. The van der Waals surface area contributed by atoms with Crippen LogP contribution in [0.15, 0.2) is 70.0 Å². The molecule has 0 saturated heterocycles. The van der Waals surface area contributed by atoms with E-state index in [0.717, 1.165) is 15.6 Å². The van der Waals surface area contributed by atoms with Gasteiger partial charge < -0.3 is 10.1 Å². The van der Waals surface area contributed by atoms with E-state index in [-0.39, 0.29) is 16.2 Å². The highest BCUT2D eigenvalue weighted by Gasteiger charge is 2.22. The van der Waals surface area contributed by atoms with Crippen LogP contribution in [0, 0.1) is 13.8 Å². The van der Waals surface area contributed by atoms with Crippen LogP contribution in [0.1, 0.15) is 21.5 Å². The summed E-state index contributed by atoms with van der Waals surface area (Å²) >= 11 is 3.31. The third-order valence-corrected chi connectivity index (χ3v) is 6.60. The maximum atomic E-state index is 13.0. The van der Waals surface area contributed by atoms with Gasteiger partial charge in [0, 0.05) is 21.4 Å². The third kappa shape index (κ3) is 4.83. The molecule has 0 aliphatic heterocycles. The van der Waals surface area contributed by atoms with Gasteiger partial charge in [0.05, 0.1) is 7.11 Å². The molecule has 0 aliphatic carbocycles. The number of benzene rings is 3. The number of amides is 1. The maximum Gasteiger partial charge on any atom is 0.265 e. The molecule has 0 fully saturated rings. The predicted molar refractivity (Wildman–Crippen MR) is 122 cm³/mol. The van der Waals surface area contributed by atoms with E-state index >= 15 is 0 Å². The fourth-order valence-electron chi connectivity index (χ4n) is 2.84. The Morgan fingerprint density at radius 2 is 1.70 bits per heavy atom. The van der Waals surface area contributed by atoms with Gasteiger partial charge in [-0.25, -0.2) is 8.42 Å². The number of carbonyl (C=O) groups excluding carboxylic acids is 1. The van der Waals surface area contributed by atoms with Crippen molar-refractivity contribution in [1.82, 2.24) is 0 Å². The van der Waals surface area contributed by atoms with Crippen LogP contribution < -0.4 is 14.8 Å². The lowest BCUT2D eigenvalue weighted by molar-refractivity contribution is 0.102. The van der Waals surface area contributed by atoms with Crippen molar-refractivity contribution in [3.05, 3.63) is 81.8 Å².